The minimum Gasteiger partial charge on any atom is -0.444 e. The van der Waals surface area contributed by atoms with E-state index >= 15 is 0 Å². The average molecular weight is 257 g/mol. The molecule has 0 saturated carbocycles. The van der Waals surface area contributed by atoms with Gasteiger partial charge in [0, 0.05) is 13.1 Å². The van der Waals surface area contributed by atoms with Gasteiger partial charge in [0.05, 0.1) is 5.92 Å². The summed E-state index contributed by atoms with van der Waals surface area (Å²) < 4.78 is 5.30. The van der Waals surface area contributed by atoms with Crippen LogP contribution in [-0.2, 0) is 9.53 Å². The Labute approximate surface area is 108 Å². The number of piperidine rings is 1. The van der Waals surface area contributed by atoms with Crippen molar-refractivity contribution in [1.82, 2.24) is 10.3 Å². The second-order valence-electron chi connectivity index (χ2n) is 5.81. The van der Waals surface area contributed by atoms with Crippen LogP contribution in [0.15, 0.2) is 0 Å². The Balaban J connectivity index is 2.64. The lowest BCUT2D eigenvalue weighted by Crippen LogP contribution is -2.51. The van der Waals surface area contributed by atoms with Crippen molar-refractivity contribution in [3.05, 3.63) is 0 Å². The highest BCUT2D eigenvalue weighted by molar-refractivity contribution is 5.79. The summed E-state index contributed by atoms with van der Waals surface area (Å²) in [4.78, 5) is 25.1. The fourth-order valence-electron chi connectivity index (χ4n) is 2.01. The number of hydrogen-bond donors (Lipinski definition) is 2. The normalized spacial score (nSPS) is 24.6. The van der Waals surface area contributed by atoms with Gasteiger partial charge in [0.25, 0.3) is 0 Å². The highest BCUT2D eigenvalue weighted by Crippen LogP contribution is 2.24. The van der Waals surface area contributed by atoms with Crippen molar-refractivity contribution >= 4 is 12.0 Å². The minimum atomic E-state index is -0.522. The molecule has 2 amide bonds. The van der Waals surface area contributed by atoms with Crippen molar-refractivity contribution in [3.63, 3.8) is 0 Å². The molecule has 1 saturated heterocycles. The van der Waals surface area contributed by atoms with Crippen molar-refractivity contribution in [3.8, 4) is 0 Å². The molecule has 0 spiro atoms. The Morgan fingerprint density at radius 1 is 1.39 bits per heavy atom. The second-order valence-corrected chi connectivity index (χ2v) is 5.81. The number of amides is 2. The van der Waals surface area contributed by atoms with Gasteiger partial charge in [-0.15, -0.1) is 0 Å². The zero-order chi connectivity index (χ0) is 13.9. The second kappa shape index (κ2) is 5.56. The van der Waals surface area contributed by atoms with Crippen LogP contribution in [0, 0.1) is 11.8 Å². The van der Waals surface area contributed by atoms with Crippen molar-refractivity contribution in [1.29, 1.82) is 0 Å². The number of hydrogen-bond acceptors (Lipinski definition) is 4. The van der Waals surface area contributed by atoms with Crippen molar-refractivity contribution < 1.29 is 14.3 Å². The zero-order valence-corrected chi connectivity index (χ0v) is 11.5. The Hall–Kier alpha value is -1.30. The summed E-state index contributed by atoms with van der Waals surface area (Å²) in [7, 11) is 0. The summed E-state index contributed by atoms with van der Waals surface area (Å²) in [6, 6.07) is 0. The third-order valence-electron chi connectivity index (χ3n) is 3.09. The van der Waals surface area contributed by atoms with Crippen LogP contribution >= 0.6 is 0 Å². The molecule has 1 aliphatic rings. The number of nitrogens with one attached hydrogen (secondary N) is 1. The van der Waals surface area contributed by atoms with Gasteiger partial charge in [-0.25, -0.2) is 10.6 Å². The maximum absolute atomic E-state index is 11.9. The molecule has 2 unspecified atom stereocenters. The summed E-state index contributed by atoms with van der Waals surface area (Å²) in [5.74, 6) is 4.88. The summed E-state index contributed by atoms with van der Waals surface area (Å²) in [5, 5.41) is 0. The number of nitrogens with two attached hydrogens (primary N) is 1. The highest BCUT2D eigenvalue weighted by Gasteiger charge is 2.34. The molecule has 0 bridgehead atoms. The molecular weight excluding hydrogens is 234 g/mol. The van der Waals surface area contributed by atoms with E-state index in [1.165, 1.54) is 0 Å². The molecule has 2 atom stereocenters. The maximum Gasteiger partial charge on any atom is 0.410 e. The van der Waals surface area contributed by atoms with E-state index in [0.29, 0.717) is 13.1 Å². The number of hydrazine groups is 1. The molecule has 0 aromatic heterocycles. The van der Waals surface area contributed by atoms with Crippen LogP contribution in [0.1, 0.15) is 34.1 Å². The van der Waals surface area contributed by atoms with Gasteiger partial charge in [0.2, 0.25) is 5.91 Å². The van der Waals surface area contributed by atoms with Crippen molar-refractivity contribution in [2.45, 2.75) is 39.7 Å². The number of carbonyl (C=O) groups is 2. The maximum atomic E-state index is 11.9. The van der Waals surface area contributed by atoms with Gasteiger partial charge in [0.15, 0.2) is 0 Å². The molecule has 1 rings (SSSR count). The monoisotopic (exact) mass is 257 g/mol. The van der Waals surface area contributed by atoms with E-state index in [4.69, 9.17) is 10.6 Å². The molecule has 1 aliphatic heterocycles. The van der Waals surface area contributed by atoms with E-state index in [1.807, 2.05) is 27.7 Å². The van der Waals surface area contributed by atoms with Crippen LogP contribution in [0.4, 0.5) is 4.79 Å². The molecule has 3 N–H and O–H groups in total. The summed E-state index contributed by atoms with van der Waals surface area (Å²) in [6.07, 6.45) is 0.404. The Morgan fingerprint density at radius 3 is 2.50 bits per heavy atom. The largest absolute Gasteiger partial charge is 0.444 e. The predicted molar refractivity (Wildman–Crippen MR) is 67.4 cm³/mol. The van der Waals surface area contributed by atoms with E-state index < -0.39 is 5.60 Å². The standard InChI is InChI=1S/C12H23N3O3/c1-8-5-6-15(7-9(8)10(16)14-13)11(17)18-12(2,3)4/h8-9H,5-7,13H2,1-4H3,(H,14,16). The SMILES string of the molecule is CC1CCN(C(=O)OC(C)(C)C)CC1C(=O)NN. The quantitative estimate of drug-likeness (QED) is 0.415. The number of carbonyl (C=O) groups excluding carboxylic acids is 2. The van der Waals surface area contributed by atoms with Crippen LogP contribution in [0.5, 0.6) is 0 Å². The molecule has 0 aromatic rings. The van der Waals surface area contributed by atoms with Crippen LogP contribution < -0.4 is 11.3 Å². The van der Waals surface area contributed by atoms with E-state index in [2.05, 4.69) is 5.43 Å². The molecule has 6 heteroatoms. The fourth-order valence-corrected chi connectivity index (χ4v) is 2.01. The molecule has 104 valence electrons. The number of ether oxygens (including phenoxy) is 1. The van der Waals surface area contributed by atoms with Gasteiger partial charge in [-0.05, 0) is 33.1 Å². The molecule has 6 nitrogen and oxygen atoms in total. The van der Waals surface area contributed by atoms with Crippen molar-refractivity contribution in [2.75, 3.05) is 13.1 Å². The number of nitrogens with zero attached hydrogens (tertiary/aromatic N) is 1. The average Bonchev–Trinajstić information content (AvgIpc) is 2.26. The first-order valence-corrected chi connectivity index (χ1v) is 6.23. The number of likely N-dealkylation sites (tertiary alicyclic amines) is 1. The van der Waals surface area contributed by atoms with Gasteiger partial charge in [0.1, 0.15) is 5.60 Å². The Morgan fingerprint density at radius 2 is 2.00 bits per heavy atom. The lowest BCUT2D eigenvalue weighted by atomic mass is 9.86. The molecule has 1 heterocycles. The van der Waals surface area contributed by atoms with E-state index in [0.717, 1.165) is 6.42 Å². The summed E-state index contributed by atoms with van der Waals surface area (Å²) >= 11 is 0. The van der Waals surface area contributed by atoms with Gasteiger partial charge in [-0.2, -0.15) is 0 Å². The first kappa shape index (κ1) is 14.8. The van der Waals surface area contributed by atoms with Gasteiger partial charge < -0.3 is 9.64 Å². The van der Waals surface area contributed by atoms with Crippen LogP contribution in [0.2, 0.25) is 0 Å². The van der Waals surface area contributed by atoms with E-state index in [1.54, 1.807) is 4.90 Å². The van der Waals surface area contributed by atoms with Crippen LogP contribution in [0.25, 0.3) is 0 Å². The molecule has 1 fully saturated rings. The summed E-state index contributed by atoms with van der Waals surface area (Å²) in [6.45, 7) is 8.43. The molecular formula is C12H23N3O3. The smallest absolute Gasteiger partial charge is 0.410 e. The van der Waals surface area contributed by atoms with E-state index in [9.17, 15) is 9.59 Å². The van der Waals surface area contributed by atoms with Crippen LogP contribution in [0.3, 0.4) is 0 Å². The highest BCUT2D eigenvalue weighted by atomic mass is 16.6. The van der Waals surface area contributed by atoms with Gasteiger partial charge >= 0.3 is 6.09 Å². The predicted octanol–water partition coefficient (Wildman–Crippen LogP) is 0.869. The lowest BCUT2D eigenvalue weighted by molar-refractivity contribution is -0.128. The summed E-state index contributed by atoms with van der Waals surface area (Å²) in [5.41, 5.74) is 1.63. The van der Waals surface area contributed by atoms with E-state index in [-0.39, 0.29) is 23.8 Å². The minimum absolute atomic E-state index is 0.215. The van der Waals surface area contributed by atoms with Crippen molar-refractivity contribution in [2.24, 2.45) is 17.7 Å². The topological polar surface area (TPSA) is 84.7 Å². The lowest BCUT2D eigenvalue weighted by Gasteiger charge is -2.36. The Kier molecular flexibility index (Phi) is 4.56. The third-order valence-corrected chi connectivity index (χ3v) is 3.09. The molecule has 18 heavy (non-hydrogen) atoms. The number of rotatable bonds is 1. The molecule has 0 radical (unpaired) electrons. The first-order chi connectivity index (χ1) is 8.24. The molecule has 0 aliphatic carbocycles. The van der Waals surface area contributed by atoms with Gasteiger partial charge in [-0.3, -0.25) is 10.2 Å². The fraction of sp³-hybridized carbons (Fsp3) is 0.833. The Bertz CT molecular complexity index is 325. The zero-order valence-electron chi connectivity index (χ0n) is 11.5. The first-order valence-electron chi connectivity index (χ1n) is 6.23. The third kappa shape index (κ3) is 3.87. The van der Waals surface area contributed by atoms with Crippen LogP contribution in [-0.4, -0.2) is 35.6 Å². The van der Waals surface area contributed by atoms with Gasteiger partial charge in [-0.1, -0.05) is 6.92 Å². The molecule has 0 aromatic carbocycles.